The minimum absolute atomic E-state index is 0.438. The lowest BCUT2D eigenvalue weighted by molar-refractivity contribution is 0.262. The molecule has 1 saturated heterocycles. The van der Waals surface area contributed by atoms with E-state index in [0.29, 0.717) is 11.4 Å². The summed E-state index contributed by atoms with van der Waals surface area (Å²) in [5, 5.41) is 0. The van der Waals surface area contributed by atoms with E-state index in [2.05, 4.69) is 28.7 Å². The highest BCUT2D eigenvalue weighted by molar-refractivity contribution is 5.08. The number of hydrogen-bond donors (Lipinski definition) is 0. The van der Waals surface area contributed by atoms with Gasteiger partial charge in [-0.1, -0.05) is 13.8 Å². The van der Waals surface area contributed by atoms with Crippen LogP contribution in [-0.4, -0.2) is 35.1 Å². The van der Waals surface area contributed by atoms with Crippen molar-refractivity contribution in [1.82, 2.24) is 14.9 Å². The quantitative estimate of drug-likeness (QED) is 0.801. The van der Waals surface area contributed by atoms with Gasteiger partial charge in [-0.05, 0) is 24.8 Å². The van der Waals surface area contributed by atoms with Gasteiger partial charge in [0.25, 0.3) is 0 Å². The Labute approximate surface area is 103 Å². The van der Waals surface area contributed by atoms with Gasteiger partial charge in [-0.3, -0.25) is 4.90 Å². The Morgan fingerprint density at radius 1 is 1.41 bits per heavy atom. The molecule has 2 heterocycles. The molecule has 0 radical (unpaired) electrons. The Balaban J connectivity index is 1.93. The molecule has 1 aliphatic heterocycles. The van der Waals surface area contributed by atoms with Crippen LogP contribution < -0.4 is 4.74 Å². The lowest BCUT2D eigenvalue weighted by Gasteiger charge is -2.22. The largest absolute Gasteiger partial charge is 0.467 e. The first kappa shape index (κ1) is 12.3. The lowest BCUT2D eigenvalue weighted by Crippen LogP contribution is -2.24. The maximum Gasteiger partial charge on any atom is 0.316 e. The van der Waals surface area contributed by atoms with Crippen molar-refractivity contribution >= 4 is 0 Å². The topological polar surface area (TPSA) is 38.2 Å². The van der Waals surface area contributed by atoms with Crippen LogP contribution in [0.4, 0.5) is 0 Å². The molecule has 1 unspecified atom stereocenters. The maximum atomic E-state index is 4.95. The van der Waals surface area contributed by atoms with Crippen molar-refractivity contribution in [2.45, 2.75) is 33.2 Å². The van der Waals surface area contributed by atoms with E-state index in [1.807, 2.05) is 12.4 Å². The molecule has 0 bridgehead atoms. The van der Waals surface area contributed by atoms with Crippen LogP contribution in [0.3, 0.4) is 0 Å². The summed E-state index contributed by atoms with van der Waals surface area (Å²) >= 11 is 0. The fourth-order valence-corrected chi connectivity index (χ4v) is 2.34. The van der Waals surface area contributed by atoms with Crippen molar-refractivity contribution in [3.05, 3.63) is 18.0 Å². The number of nitrogens with zero attached hydrogens (tertiary/aromatic N) is 3. The van der Waals surface area contributed by atoms with Gasteiger partial charge in [0.1, 0.15) is 0 Å². The standard InChI is InChI=1S/C13H21N3O/c1-4-13(2)5-6-16(10-13)9-11-7-14-12(17-3)15-8-11/h7-8H,4-6,9-10H2,1-3H3. The second-order valence-electron chi connectivity index (χ2n) is 5.20. The average molecular weight is 235 g/mol. The molecule has 1 atom stereocenters. The van der Waals surface area contributed by atoms with E-state index in [0.717, 1.165) is 12.1 Å². The molecule has 0 spiro atoms. The van der Waals surface area contributed by atoms with Gasteiger partial charge in [0, 0.05) is 31.0 Å². The van der Waals surface area contributed by atoms with E-state index in [1.165, 1.54) is 25.9 Å². The van der Waals surface area contributed by atoms with Gasteiger partial charge in [0.2, 0.25) is 0 Å². The van der Waals surface area contributed by atoms with Crippen LogP contribution in [0.5, 0.6) is 6.01 Å². The first-order valence-corrected chi connectivity index (χ1v) is 6.22. The molecule has 1 aliphatic rings. The fraction of sp³-hybridized carbons (Fsp3) is 0.692. The third-order valence-corrected chi connectivity index (χ3v) is 3.76. The molecule has 94 valence electrons. The monoisotopic (exact) mass is 235 g/mol. The van der Waals surface area contributed by atoms with Crippen LogP contribution in [0.1, 0.15) is 32.3 Å². The van der Waals surface area contributed by atoms with Crippen LogP contribution in [0.25, 0.3) is 0 Å². The lowest BCUT2D eigenvalue weighted by atomic mass is 9.87. The number of rotatable bonds is 4. The van der Waals surface area contributed by atoms with Gasteiger partial charge in [-0.2, -0.15) is 0 Å². The van der Waals surface area contributed by atoms with Crippen molar-refractivity contribution in [3.63, 3.8) is 0 Å². The fourth-order valence-electron chi connectivity index (χ4n) is 2.34. The first-order chi connectivity index (χ1) is 8.15. The molecular formula is C13H21N3O. The van der Waals surface area contributed by atoms with E-state index in [9.17, 15) is 0 Å². The van der Waals surface area contributed by atoms with Crippen LogP contribution in [0.15, 0.2) is 12.4 Å². The normalized spacial score (nSPS) is 25.1. The first-order valence-electron chi connectivity index (χ1n) is 6.22. The number of methoxy groups -OCH3 is 1. The van der Waals surface area contributed by atoms with Gasteiger partial charge >= 0.3 is 6.01 Å². The van der Waals surface area contributed by atoms with Crippen LogP contribution in [0, 0.1) is 5.41 Å². The predicted octanol–water partition coefficient (Wildman–Crippen LogP) is 2.11. The Morgan fingerprint density at radius 3 is 2.65 bits per heavy atom. The van der Waals surface area contributed by atoms with Crippen molar-refractivity contribution in [1.29, 1.82) is 0 Å². The van der Waals surface area contributed by atoms with Crippen molar-refractivity contribution in [3.8, 4) is 6.01 Å². The maximum absolute atomic E-state index is 4.95. The van der Waals surface area contributed by atoms with Gasteiger partial charge in [0.05, 0.1) is 7.11 Å². The summed E-state index contributed by atoms with van der Waals surface area (Å²) in [5.74, 6) is 0. The smallest absolute Gasteiger partial charge is 0.316 e. The summed E-state index contributed by atoms with van der Waals surface area (Å²) in [6.07, 6.45) is 6.25. The molecular weight excluding hydrogens is 214 g/mol. The van der Waals surface area contributed by atoms with E-state index < -0.39 is 0 Å². The Morgan fingerprint density at radius 2 is 2.12 bits per heavy atom. The van der Waals surface area contributed by atoms with Crippen LogP contribution in [-0.2, 0) is 6.54 Å². The number of likely N-dealkylation sites (tertiary alicyclic amines) is 1. The molecule has 17 heavy (non-hydrogen) atoms. The van der Waals surface area contributed by atoms with Crippen LogP contribution in [0.2, 0.25) is 0 Å². The molecule has 0 amide bonds. The summed E-state index contributed by atoms with van der Waals surface area (Å²) in [6.45, 7) is 7.95. The molecule has 1 aromatic rings. The summed E-state index contributed by atoms with van der Waals surface area (Å²) in [6, 6.07) is 0.438. The predicted molar refractivity (Wildman–Crippen MR) is 66.9 cm³/mol. The Kier molecular flexibility index (Phi) is 3.62. The van der Waals surface area contributed by atoms with Gasteiger partial charge < -0.3 is 4.74 Å². The number of ether oxygens (including phenoxy) is 1. The molecule has 1 fully saturated rings. The zero-order valence-electron chi connectivity index (χ0n) is 10.9. The zero-order chi connectivity index (χ0) is 12.3. The van der Waals surface area contributed by atoms with E-state index in [4.69, 9.17) is 4.74 Å². The van der Waals surface area contributed by atoms with E-state index in [1.54, 1.807) is 7.11 Å². The summed E-state index contributed by atoms with van der Waals surface area (Å²) in [7, 11) is 1.59. The number of aromatic nitrogens is 2. The minimum atomic E-state index is 0.438. The third kappa shape index (κ3) is 2.94. The SMILES string of the molecule is CCC1(C)CCN(Cc2cnc(OC)nc2)C1. The van der Waals surface area contributed by atoms with Crippen molar-refractivity contribution in [2.24, 2.45) is 5.41 Å². The summed E-state index contributed by atoms with van der Waals surface area (Å²) in [5.41, 5.74) is 1.65. The van der Waals surface area contributed by atoms with E-state index >= 15 is 0 Å². The van der Waals surface area contributed by atoms with Crippen molar-refractivity contribution < 1.29 is 4.74 Å². The summed E-state index contributed by atoms with van der Waals surface area (Å²) in [4.78, 5) is 10.8. The Bertz CT molecular complexity index is 365. The molecule has 0 aliphatic carbocycles. The molecule has 1 aromatic heterocycles. The third-order valence-electron chi connectivity index (χ3n) is 3.76. The molecule has 0 aromatic carbocycles. The zero-order valence-corrected chi connectivity index (χ0v) is 10.9. The van der Waals surface area contributed by atoms with Gasteiger partial charge in [0.15, 0.2) is 0 Å². The average Bonchev–Trinajstić information content (AvgIpc) is 2.73. The molecule has 4 heteroatoms. The summed E-state index contributed by atoms with van der Waals surface area (Å²) < 4.78 is 4.95. The highest BCUT2D eigenvalue weighted by Crippen LogP contribution is 2.33. The molecule has 0 saturated carbocycles. The highest BCUT2D eigenvalue weighted by Gasteiger charge is 2.31. The molecule has 0 N–H and O–H groups in total. The molecule has 2 rings (SSSR count). The van der Waals surface area contributed by atoms with Gasteiger partial charge in [-0.25, -0.2) is 9.97 Å². The second kappa shape index (κ2) is 5.00. The molecule has 4 nitrogen and oxygen atoms in total. The highest BCUT2D eigenvalue weighted by atomic mass is 16.5. The van der Waals surface area contributed by atoms with Crippen LogP contribution >= 0.6 is 0 Å². The Hall–Kier alpha value is -1.16. The minimum Gasteiger partial charge on any atom is -0.467 e. The number of hydrogen-bond acceptors (Lipinski definition) is 4. The van der Waals surface area contributed by atoms with Crippen molar-refractivity contribution in [2.75, 3.05) is 20.2 Å². The second-order valence-corrected chi connectivity index (χ2v) is 5.20. The van der Waals surface area contributed by atoms with E-state index in [-0.39, 0.29) is 0 Å². The van der Waals surface area contributed by atoms with Gasteiger partial charge in [-0.15, -0.1) is 0 Å².